The molecule has 0 unspecified atom stereocenters. The summed E-state index contributed by atoms with van der Waals surface area (Å²) < 4.78 is 6.77. The second-order valence-corrected chi connectivity index (χ2v) is 5.90. The summed E-state index contributed by atoms with van der Waals surface area (Å²) in [7, 11) is 0. The van der Waals surface area contributed by atoms with Gasteiger partial charge >= 0.3 is 0 Å². The van der Waals surface area contributed by atoms with Crippen molar-refractivity contribution in [1.82, 2.24) is 0 Å². The van der Waals surface area contributed by atoms with E-state index in [2.05, 4.69) is 40.7 Å². The Morgan fingerprint density at radius 3 is 2.44 bits per heavy atom. The minimum absolute atomic E-state index is 0.247. The molecule has 1 aliphatic rings. The molecule has 1 aromatic carbocycles. The zero-order valence-corrected chi connectivity index (χ0v) is 12.6. The van der Waals surface area contributed by atoms with Crippen molar-refractivity contribution < 1.29 is 9.84 Å². The maximum absolute atomic E-state index is 9.58. The number of rotatable bonds is 2. The summed E-state index contributed by atoms with van der Waals surface area (Å²) in [4.78, 5) is 2.33. The summed E-state index contributed by atoms with van der Waals surface area (Å²) in [5.41, 5.74) is 2.10. The van der Waals surface area contributed by atoms with Crippen LogP contribution in [0.3, 0.4) is 0 Å². The van der Waals surface area contributed by atoms with Crippen molar-refractivity contribution in [1.29, 1.82) is 0 Å². The van der Waals surface area contributed by atoms with Gasteiger partial charge in [-0.05, 0) is 54.4 Å². The number of anilines is 1. The Labute approximate surface area is 117 Å². The van der Waals surface area contributed by atoms with E-state index in [0.717, 1.165) is 23.1 Å². The molecule has 0 aliphatic carbocycles. The van der Waals surface area contributed by atoms with Crippen LogP contribution in [0.2, 0.25) is 0 Å². The molecule has 100 valence electrons. The highest BCUT2D eigenvalue weighted by atomic mass is 79.9. The quantitative estimate of drug-likeness (QED) is 0.910. The first kappa shape index (κ1) is 13.8. The molecule has 1 N–H and O–H groups in total. The molecule has 0 aromatic heterocycles. The Morgan fingerprint density at radius 2 is 1.94 bits per heavy atom. The van der Waals surface area contributed by atoms with Crippen LogP contribution in [0.5, 0.6) is 0 Å². The molecular weight excluding hydrogens is 294 g/mol. The second kappa shape index (κ2) is 5.59. The first-order chi connectivity index (χ1) is 8.47. The van der Waals surface area contributed by atoms with Crippen LogP contribution >= 0.6 is 15.9 Å². The Bertz CT molecular complexity index is 412. The van der Waals surface area contributed by atoms with Crippen LogP contribution in [0.4, 0.5) is 5.69 Å². The van der Waals surface area contributed by atoms with E-state index in [-0.39, 0.29) is 12.2 Å². The largest absolute Gasteiger partial charge is 0.389 e. The number of halogens is 1. The molecular formula is C14H20BrNO2. The number of aliphatic hydroxyl groups is 1. The molecule has 3 nitrogen and oxygen atoms in total. The highest BCUT2D eigenvalue weighted by Gasteiger charge is 2.23. The zero-order chi connectivity index (χ0) is 13.3. The highest BCUT2D eigenvalue weighted by molar-refractivity contribution is 9.10. The summed E-state index contributed by atoms with van der Waals surface area (Å²) >= 11 is 3.60. The minimum atomic E-state index is -0.433. The Hall–Kier alpha value is -0.580. The molecule has 0 amide bonds. The van der Waals surface area contributed by atoms with E-state index >= 15 is 0 Å². The van der Waals surface area contributed by atoms with Crippen molar-refractivity contribution in [2.45, 2.75) is 39.1 Å². The van der Waals surface area contributed by atoms with Crippen molar-refractivity contribution in [3.8, 4) is 0 Å². The average Bonchev–Trinajstić information content (AvgIpc) is 2.27. The van der Waals surface area contributed by atoms with Gasteiger partial charge in [-0.3, -0.25) is 0 Å². The van der Waals surface area contributed by atoms with Gasteiger partial charge in [0.2, 0.25) is 0 Å². The van der Waals surface area contributed by atoms with Gasteiger partial charge in [0.25, 0.3) is 0 Å². The van der Waals surface area contributed by atoms with Crippen molar-refractivity contribution in [3.05, 3.63) is 28.2 Å². The Morgan fingerprint density at radius 1 is 1.33 bits per heavy atom. The van der Waals surface area contributed by atoms with Gasteiger partial charge in [0.15, 0.2) is 0 Å². The monoisotopic (exact) mass is 313 g/mol. The lowest BCUT2D eigenvalue weighted by molar-refractivity contribution is -0.00526. The zero-order valence-electron chi connectivity index (χ0n) is 11.1. The van der Waals surface area contributed by atoms with E-state index in [4.69, 9.17) is 4.74 Å². The molecule has 4 heteroatoms. The fraction of sp³-hybridized carbons (Fsp3) is 0.571. The summed E-state index contributed by atoms with van der Waals surface area (Å²) in [5, 5.41) is 9.58. The topological polar surface area (TPSA) is 32.7 Å². The SMILES string of the molecule is C[C@@H]1CN(c2ccc([C@@H](C)O)cc2Br)C[C@H](C)O1. The second-order valence-electron chi connectivity index (χ2n) is 5.05. The van der Waals surface area contributed by atoms with E-state index in [1.165, 1.54) is 5.69 Å². The molecule has 2 rings (SSSR count). The number of ether oxygens (including phenoxy) is 1. The van der Waals surface area contributed by atoms with E-state index < -0.39 is 6.10 Å². The maximum atomic E-state index is 9.58. The molecule has 18 heavy (non-hydrogen) atoms. The van der Waals surface area contributed by atoms with E-state index in [9.17, 15) is 5.11 Å². The van der Waals surface area contributed by atoms with Crippen molar-refractivity contribution >= 4 is 21.6 Å². The van der Waals surface area contributed by atoms with Gasteiger partial charge in [0.1, 0.15) is 0 Å². The number of hydrogen-bond acceptors (Lipinski definition) is 3. The van der Waals surface area contributed by atoms with Gasteiger partial charge in [0.05, 0.1) is 24.0 Å². The van der Waals surface area contributed by atoms with Crippen LogP contribution in [0.25, 0.3) is 0 Å². The molecule has 1 fully saturated rings. The lowest BCUT2D eigenvalue weighted by atomic mass is 10.1. The number of benzene rings is 1. The summed E-state index contributed by atoms with van der Waals surface area (Å²) in [6, 6.07) is 6.04. The highest BCUT2D eigenvalue weighted by Crippen LogP contribution is 2.31. The van der Waals surface area contributed by atoms with E-state index in [1.807, 2.05) is 12.1 Å². The van der Waals surface area contributed by atoms with Crippen LogP contribution in [0.1, 0.15) is 32.4 Å². The predicted octanol–water partition coefficient (Wildman–Crippen LogP) is 3.12. The smallest absolute Gasteiger partial charge is 0.0762 e. The van der Waals surface area contributed by atoms with Crippen molar-refractivity contribution in [2.24, 2.45) is 0 Å². The fourth-order valence-corrected chi connectivity index (χ4v) is 3.06. The molecule has 0 saturated carbocycles. The third kappa shape index (κ3) is 3.05. The minimum Gasteiger partial charge on any atom is -0.389 e. The van der Waals surface area contributed by atoms with Gasteiger partial charge in [0, 0.05) is 17.6 Å². The molecule has 1 heterocycles. The van der Waals surface area contributed by atoms with Crippen molar-refractivity contribution in [2.75, 3.05) is 18.0 Å². The standard InChI is InChI=1S/C14H20BrNO2/c1-9-7-16(8-10(2)18-9)14-5-4-12(11(3)17)6-13(14)15/h4-6,9-11,17H,7-8H2,1-3H3/t9-,10+,11-/m1/s1. The third-order valence-corrected chi connectivity index (χ3v) is 3.85. The first-order valence-electron chi connectivity index (χ1n) is 6.35. The van der Waals surface area contributed by atoms with Gasteiger partial charge in [-0.15, -0.1) is 0 Å². The summed E-state index contributed by atoms with van der Waals surface area (Å²) in [5.74, 6) is 0. The van der Waals surface area contributed by atoms with Crippen LogP contribution in [-0.2, 0) is 4.74 Å². The first-order valence-corrected chi connectivity index (χ1v) is 7.14. The molecule has 3 atom stereocenters. The van der Waals surface area contributed by atoms with Crippen molar-refractivity contribution in [3.63, 3.8) is 0 Å². The number of hydrogen-bond donors (Lipinski definition) is 1. The number of aliphatic hydroxyl groups excluding tert-OH is 1. The number of nitrogens with zero attached hydrogens (tertiary/aromatic N) is 1. The lowest BCUT2D eigenvalue weighted by Gasteiger charge is -2.37. The van der Waals surface area contributed by atoms with Gasteiger partial charge in [-0.25, -0.2) is 0 Å². The summed E-state index contributed by atoms with van der Waals surface area (Å²) in [6.45, 7) is 7.77. The molecule has 0 spiro atoms. The van der Waals surface area contributed by atoms with Crippen LogP contribution in [0, 0.1) is 0 Å². The van der Waals surface area contributed by atoms with Crippen LogP contribution in [-0.4, -0.2) is 30.4 Å². The predicted molar refractivity (Wildman–Crippen MR) is 77.0 cm³/mol. The van der Waals surface area contributed by atoms with Crippen LogP contribution in [0.15, 0.2) is 22.7 Å². The third-order valence-electron chi connectivity index (χ3n) is 3.21. The molecule has 1 saturated heterocycles. The lowest BCUT2D eigenvalue weighted by Crippen LogP contribution is -2.45. The fourth-order valence-electron chi connectivity index (χ4n) is 2.41. The van der Waals surface area contributed by atoms with E-state index in [1.54, 1.807) is 6.92 Å². The van der Waals surface area contributed by atoms with Gasteiger partial charge < -0.3 is 14.7 Å². The normalized spacial score (nSPS) is 26.2. The van der Waals surface area contributed by atoms with E-state index in [0.29, 0.717) is 0 Å². The molecule has 1 aliphatic heterocycles. The average molecular weight is 314 g/mol. The molecule has 0 bridgehead atoms. The Kier molecular flexibility index (Phi) is 4.30. The molecule has 1 aromatic rings. The maximum Gasteiger partial charge on any atom is 0.0762 e. The summed E-state index contributed by atoms with van der Waals surface area (Å²) in [6.07, 6.45) is 0.0621. The Balaban J connectivity index is 2.22. The molecule has 0 radical (unpaired) electrons. The van der Waals surface area contributed by atoms with Gasteiger partial charge in [-0.1, -0.05) is 6.07 Å². The number of morpholine rings is 1. The van der Waals surface area contributed by atoms with Crippen LogP contribution < -0.4 is 4.90 Å². The van der Waals surface area contributed by atoms with Gasteiger partial charge in [-0.2, -0.15) is 0 Å².